The first-order valence-electron chi connectivity index (χ1n) is 10.6. The molecule has 1 saturated heterocycles. The second-order valence-corrected chi connectivity index (χ2v) is 8.15. The fourth-order valence-electron chi connectivity index (χ4n) is 4.51. The lowest BCUT2D eigenvalue weighted by atomic mass is 10.0. The molecule has 2 aromatic rings. The molecule has 0 saturated carbocycles. The molecule has 4 rings (SSSR count). The van der Waals surface area contributed by atoms with Crippen LogP contribution in [0.1, 0.15) is 35.6 Å². The predicted octanol–water partition coefficient (Wildman–Crippen LogP) is 3.18. The Kier molecular flexibility index (Phi) is 6.05. The lowest BCUT2D eigenvalue weighted by molar-refractivity contribution is -0.120. The van der Waals surface area contributed by atoms with Gasteiger partial charge < -0.3 is 15.0 Å². The molecule has 0 spiro atoms. The summed E-state index contributed by atoms with van der Waals surface area (Å²) < 4.78 is 5.19. The van der Waals surface area contributed by atoms with Gasteiger partial charge in [-0.05, 0) is 67.2 Å². The first kappa shape index (κ1) is 19.8. The van der Waals surface area contributed by atoms with Gasteiger partial charge in [-0.2, -0.15) is 0 Å². The first-order chi connectivity index (χ1) is 14.1. The number of carbonyl (C=O) groups is 1. The van der Waals surface area contributed by atoms with Crippen molar-refractivity contribution in [2.45, 2.75) is 31.7 Å². The average molecular weight is 394 g/mol. The van der Waals surface area contributed by atoms with Gasteiger partial charge in [-0.25, -0.2) is 0 Å². The normalized spacial score (nSPS) is 17.2. The summed E-state index contributed by atoms with van der Waals surface area (Å²) in [4.78, 5) is 17.4. The number of ether oxygens (including phenoxy) is 1. The molecule has 0 unspecified atom stereocenters. The van der Waals surface area contributed by atoms with Crippen molar-refractivity contribution >= 4 is 11.6 Å². The Morgan fingerprint density at radius 1 is 1.10 bits per heavy atom. The number of hydrogen-bond donors (Lipinski definition) is 1. The zero-order chi connectivity index (χ0) is 20.2. The number of hydrogen-bond acceptors (Lipinski definition) is 4. The number of rotatable bonds is 7. The van der Waals surface area contributed by atoms with Crippen molar-refractivity contribution in [3.8, 4) is 5.75 Å². The van der Waals surface area contributed by atoms with E-state index < -0.39 is 0 Å². The number of nitrogens with zero attached hydrogens (tertiary/aromatic N) is 2. The molecule has 1 N–H and O–H groups in total. The maximum atomic E-state index is 12.6. The van der Waals surface area contributed by atoms with Gasteiger partial charge in [0.1, 0.15) is 5.75 Å². The minimum absolute atomic E-state index is 0.0697. The summed E-state index contributed by atoms with van der Waals surface area (Å²) >= 11 is 0. The summed E-state index contributed by atoms with van der Waals surface area (Å²) in [5.41, 5.74) is 5.10. The van der Waals surface area contributed by atoms with Crippen molar-refractivity contribution in [1.29, 1.82) is 0 Å². The van der Waals surface area contributed by atoms with E-state index in [-0.39, 0.29) is 11.9 Å². The Morgan fingerprint density at radius 2 is 1.86 bits per heavy atom. The highest BCUT2D eigenvalue weighted by Crippen LogP contribution is 2.32. The zero-order valence-corrected chi connectivity index (χ0v) is 17.5. The summed E-state index contributed by atoms with van der Waals surface area (Å²) in [5.74, 6) is 0.880. The fourth-order valence-corrected chi connectivity index (χ4v) is 4.51. The van der Waals surface area contributed by atoms with E-state index in [0.717, 1.165) is 37.4 Å². The summed E-state index contributed by atoms with van der Waals surface area (Å²) in [6, 6.07) is 14.8. The van der Waals surface area contributed by atoms with E-state index in [9.17, 15) is 4.79 Å². The Balaban J connectivity index is 1.43. The van der Waals surface area contributed by atoms with E-state index >= 15 is 0 Å². The van der Waals surface area contributed by atoms with E-state index in [4.69, 9.17) is 4.74 Å². The van der Waals surface area contributed by atoms with E-state index in [2.05, 4.69) is 40.4 Å². The molecule has 1 fully saturated rings. The highest BCUT2D eigenvalue weighted by molar-refractivity contribution is 5.78. The fraction of sp³-hybridized carbons (Fsp3) is 0.458. The lowest BCUT2D eigenvalue weighted by Crippen LogP contribution is -2.37. The third kappa shape index (κ3) is 4.56. The number of anilines is 1. The number of fused-ring (bicyclic) bond motifs is 1. The van der Waals surface area contributed by atoms with Gasteiger partial charge in [-0.1, -0.05) is 24.3 Å². The molecule has 5 heteroatoms. The molecule has 1 atom stereocenters. The maximum absolute atomic E-state index is 12.6. The quantitative estimate of drug-likeness (QED) is 0.785. The van der Waals surface area contributed by atoms with Crippen LogP contribution in [0.4, 0.5) is 5.69 Å². The summed E-state index contributed by atoms with van der Waals surface area (Å²) in [7, 11) is 3.81. The Bertz CT molecular complexity index is 844. The molecule has 0 aliphatic carbocycles. The third-order valence-electron chi connectivity index (χ3n) is 6.21. The largest absolute Gasteiger partial charge is 0.497 e. The molecule has 154 valence electrons. The minimum Gasteiger partial charge on any atom is -0.497 e. The molecule has 2 aliphatic heterocycles. The summed E-state index contributed by atoms with van der Waals surface area (Å²) in [5, 5.41) is 3.19. The van der Waals surface area contributed by atoms with Crippen LogP contribution in [0.25, 0.3) is 0 Å². The van der Waals surface area contributed by atoms with Crippen molar-refractivity contribution in [2.24, 2.45) is 0 Å². The van der Waals surface area contributed by atoms with Crippen LogP contribution in [-0.2, 0) is 17.6 Å². The summed E-state index contributed by atoms with van der Waals surface area (Å²) in [6.45, 7) is 3.96. The third-order valence-corrected chi connectivity index (χ3v) is 6.21. The van der Waals surface area contributed by atoms with Crippen LogP contribution in [0.2, 0.25) is 0 Å². The van der Waals surface area contributed by atoms with E-state index in [1.165, 1.54) is 29.7 Å². The number of carbonyl (C=O) groups excluding carboxylic acids is 1. The molecule has 2 aromatic carbocycles. The maximum Gasteiger partial charge on any atom is 0.224 e. The highest BCUT2D eigenvalue weighted by atomic mass is 16.5. The van der Waals surface area contributed by atoms with Gasteiger partial charge in [0.15, 0.2) is 0 Å². The standard InChI is InChI=1S/C24H31N3O2/c1-26-14-11-20-16-19(7-10-22(20)26)23(27-12-3-4-13-27)17-25-24(28)15-18-5-8-21(29-2)9-6-18/h5-10,16,23H,3-4,11-15,17H2,1-2H3,(H,25,28)/t23-/m0/s1. The second kappa shape index (κ2) is 8.87. The van der Waals surface area contributed by atoms with Crippen LogP contribution in [0.3, 0.4) is 0 Å². The minimum atomic E-state index is 0.0697. The van der Waals surface area contributed by atoms with Crippen molar-refractivity contribution in [2.75, 3.05) is 45.2 Å². The SMILES string of the molecule is COc1ccc(CC(=O)NC[C@@H](c2ccc3c(c2)CCN3C)N2CCCC2)cc1. The number of methoxy groups -OCH3 is 1. The van der Waals surface area contributed by atoms with Crippen LogP contribution in [0.5, 0.6) is 5.75 Å². The van der Waals surface area contributed by atoms with E-state index in [0.29, 0.717) is 13.0 Å². The Hall–Kier alpha value is -2.53. The molecule has 2 aliphatic rings. The van der Waals surface area contributed by atoms with Gasteiger partial charge in [0, 0.05) is 25.8 Å². The summed E-state index contributed by atoms with van der Waals surface area (Å²) in [6.07, 6.45) is 3.98. The van der Waals surface area contributed by atoms with Crippen LogP contribution >= 0.6 is 0 Å². The van der Waals surface area contributed by atoms with Crippen molar-refractivity contribution in [3.63, 3.8) is 0 Å². The van der Waals surface area contributed by atoms with Crippen molar-refractivity contribution in [3.05, 3.63) is 59.2 Å². The van der Waals surface area contributed by atoms with Crippen LogP contribution < -0.4 is 15.0 Å². The van der Waals surface area contributed by atoms with Gasteiger partial charge >= 0.3 is 0 Å². The predicted molar refractivity (Wildman–Crippen MR) is 117 cm³/mol. The Labute approximate surface area is 173 Å². The molecule has 5 nitrogen and oxygen atoms in total. The number of amides is 1. The van der Waals surface area contributed by atoms with Crippen molar-refractivity contribution in [1.82, 2.24) is 10.2 Å². The molecule has 2 heterocycles. The second-order valence-electron chi connectivity index (χ2n) is 8.15. The number of nitrogens with one attached hydrogen (secondary N) is 1. The Morgan fingerprint density at radius 3 is 2.59 bits per heavy atom. The van der Waals surface area contributed by atoms with Crippen LogP contribution in [0.15, 0.2) is 42.5 Å². The molecular formula is C24H31N3O2. The molecule has 29 heavy (non-hydrogen) atoms. The van der Waals surface area contributed by atoms with Gasteiger partial charge in [0.2, 0.25) is 5.91 Å². The van der Waals surface area contributed by atoms with Gasteiger partial charge in [0.05, 0.1) is 19.6 Å². The molecule has 0 bridgehead atoms. The van der Waals surface area contributed by atoms with Crippen LogP contribution in [0, 0.1) is 0 Å². The smallest absolute Gasteiger partial charge is 0.224 e. The molecular weight excluding hydrogens is 362 g/mol. The monoisotopic (exact) mass is 393 g/mol. The number of benzene rings is 2. The van der Waals surface area contributed by atoms with Crippen LogP contribution in [-0.4, -0.2) is 51.1 Å². The van der Waals surface area contributed by atoms with Gasteiger partial charge in [-0.15, -0.1) is 0 Å². The van der Waals surface area contributed by atoms with E-state index in [1.54, 1.807) is 7.11 Å². The van der Waals surface area contributed by atoms with Crippen molar-refractivity contribution < 1.29 is 9.53 Å². The topological polar surface area (TPSA) is 44.8 Å². The molecule has 0 aromatic heterocycles. The highest BCUT2D eigenvalue weighted by Gasteiger charge is 2.26. The molecule has 0 radical (unpaired) electrons. The first-order valence-corrected chi connectivity index (χ1v) is 10.6. The molecule has 1 amide bonds. The van der Waals surface area contributed by atoms with Gasteiger partial charge in [0.25, 0.3) is 0 Å². The number of likely N-dealkylation sites (N-methyl/N-ethyl adjacent to an activating group) is 1. The van der Waals surface area contributed by atoms with E-state index in [1.807, 2.05) is 24.3 Å². The van der Waals surface area contributed by atoms with Gasteiger partial charge in [-0.3, -0.25) is 9.69 Å². The number of likely N-dealkylation sites (tertiary alicyclic amines) is 1. The zero-order valence-electron chi connectivity index (χ0n) is 17.5. The lowest BCUT2D eigenvalue weighted by Gasteiger charge is -2.29. The average Bonchev–Trinajstić information content (AvgIpc) is 3.39.